The number of anilines is 1. The topological polar surface area (TPSA) is 97.6 Å². The minimum absolute atomic E-state index is 0.0555. The molecule has 0 saturated carbocycles. The predicted octanol–water partition coefficient (Wildman–Crippen LogP) is 3.93. The Kier molecular flexibility index (Phi) is 6.01. The van der Waals surface area contributed by atoms with Gasteiger partial charge in [0, 0.05) is 5.69 Å². The summed E-state index contributed by atoms with van der Waals surface area (Å²) in [6.45, 7) is -0.108. The fourth-order valence-corrected chi connectivity index (χ4v) is 3.98. The maximum atomic E-state index is 12.4. The van der Waals surface area contributed by atoms with E-state index in [1.807, 2.05) is 42.5 Å². The highest BCUT2D eigenvalue weighted by molar-refractivity contribution is 7.89. The van der Waals surface area contributed by atoms with Crippen molar-refractivity contribution in [1.82, 2.24) is 4.72 Å². The first kappa shape index (κ1) is 20.6. The van der Waals surface area contributed by atoms with E-state index in [1.165, 1.54) is 30.5 Å². The van der Waals surface area contributed by atoms with Gasteiger partial charge in [-0.25, -0.2) is 13.1 Å². The van der Waals surface area contributed by atoms with Gasteiger partial charge >= 0.3 is 0 Å². The number of ether oxygens (including phenoxy) is 1. The van der Waals surface area contributed by atoms with Crippen LogP contribution < -0.4 is 14.8 Å². The van der Waals surface area contributed by atoms with Crippen LogP contribution in [0, 0.1) is 0 Å². The highest BCUT2D eigenvalue weighted by Gasteiger charge is 2.14. The minimum atomic E-state index is -3.69. The third-order valence-corrected chi connectivity index (χ3v) is 5.97. The molecule has 1 heterocycles. The molecular weight excluding hydrogens is 416 g/mol. The molecule has 0 saturated heterocycles. The molecule has 4 rings (SSSR count). The van der Waals surface area contributed by atoms with Gasteiger partial charge in [0.05, 0.1) is 17.7 Å². The molecule has 1 aromatic heterocycles. The smallest absolute Gasteiger partial charge is 0.262 e. The first-order chi connectivity index (χ1) is 15.0. The van der Waals surface area contributed by atoms with Crippen LogP contribution in [0.4, 0.5) is 5.69 Å². The number of carbonyl (C=O) groups excluding carboxylic acids is 1. The van der Waals surface area contributed by atoms with E-state index in [4.69, 9.17) is 9.15 Å². The summed E-state index contributed by atoms with van der Waals surface area (Å²) in [4.78, 5) is 12.3. The van der Waals surface area contributed by atoms with Gasteiger partial charge in [-0.15, -0.1) is 0 Å². The van der Waals surface area contributed by atoms with Crippen LogP contribution in [0.1, 0.15) is 5.76 Å². The molecule has 4 aromatic rings. The third-order valence-electron chi connectivity index (χ3n) is 4.56. The number of carbonyl (C=O) groups is 1. The van der Waals surface area contributed by atoms with E-state index >= 15 is 0 Å². The molecule has 0 bridgehead atoms. The van der Waals surface area contributed by atoms with Gasteiger partial charge in [0.2, 0.25) is 10.0 Å². The summed E-state index contributed by atoms with van der Waals surface area (Å²) in [5.74, 6) is 0.761. The molecule has 0 spiro atoms. The molecule has 0 unspecified atom stereocenters. The van der Waals surface area contributed by atoms with Crippen molar-refractivity contribution < 1.29 is 22.4 Å². The largest absolute Gasteiger partial charge is 0.484 e. The van der Waals surface area contributed by atoms with Gasteiger partial charge in [0.25, 0.3) is 5.91 Å². The molecule has 31 heavy (non-hydrogen) atoms. The first-order valence-electron chi connectivity index (χ1n) is 9.53. The Hall–Kier alpha value is -3.62. The van der Waals surface area contributed by atoms with Crippen molar-refractivity contribution in [1.29, 1.82) is 0 Å². The summed E-state index contributed by atoms with van der Waals surface area (Å²) in [6.07, 6.45) is 1.48. The molecule has 3 aromatic carbocycles. The minimum Gasteiger partial charge on any atom is -0.484 e. The molecule has 0 atom stereocenters. The fourth-order valence-electron chi connectivity index (χ4n) is 2.98. The predicted molar refractivity (Wildman–Crippen MR) is 117 cm³/mol. The zero-order valence-corrected chi connectivity index (χ0v) is 17.3. The zero-order valence-electron chi connectivity index (χ0n) is 16.4. The van der Waals surface area contributed by atoms with Crippen LogP contribution in [0.3, 0.4) is 0 Å². The van der Waals surface area contributed by atoms with Crippen molar-refractivity contribution in [3.05, 3.63) is 90.9 Å². The van der Waals surface area contributed by atoms with Crippen molar-refractivity contribution in [2.75, 3.05) is 11.9 Å². The SMILES string of the molecule is O=C(COc1ccc2ccccc2c1)Nc1ccc(S(=O)(=O)NCc2ccco2)cc1. The Bertz CT molecular complexity index is 1280. The maximum Gasteiger partial charge on any atom is 0.262 e. The van der Waals surface area contributed by atoms with Gasteiger partial charge in [-0.3, -0.25) is 4.79 Å². The lowest BCUT2D eigenvalue weighted by Gasteiger charge is -2.09. The summed E-state index contributed by atoms with van der Waals surface area (Å²) in [5.41, 5.74) is 0.470. The van der Waals surface area contributed by atoms with Gasteiger partial charge in [0.15, 0.2) is 6.61 Å². The lowest BCUT2D eigenvalue weighted by molar-refractivity contribution is -0.118. The summed E-state index contributed by atoms with van der Waals surface area (Å²) in [7, 11) is -3.69. The van der Waals surface area contributed by atoms with Crippen molar-refractivity contribution in [2.45, 2.75) is 11.4 Å². The van der Waals surface area contributed by atoms with Crippen LogP contribution in [-0.4, -0.2) is 20.9 Å². The van der Waals surface area contributed by atoms with Gasteiger partial charge in [-0.2, -0.15) is 0 Å². The summed E-state index contributed by atoms with van der Waals surface area (Å²) >= 11 is 0. The number of hydrogen-bond donors (Lipinski definition) is 2. The third kappa shape index (κ3) is 5.30. The fraction of sp³-hybridized carbons (Fsp3) is 0.0870. The number of rotatable bonds is 8. The average molecular weight is 436 g/mol. The molecule has 0 aliphatic heterocycles. The average Bonchev–Trinajstić information content (AvgIpc) is 3.30. The Morgan fingerprint density at radius 3 is 2.42 bits per heavy atom. The highest BCUT2D eigenvalue weighted by Crippen LogP contribution is 2.20. The lowest BCUT2D eigenvalue weighted by atomic mass is 10.1. The number of furan rings is 1. The second-order valence-electron chi connectivity index (χ2n) is 6.77. The number of amides is 1. The Balaban J connectivity index is 1.32. The second kappa shape index (κ2) is 9.03. The van der Waals surface area contributed by atoms with Gasteiger partial charge in [0.1, 0.15) is 11.5 Å². The molecule has 158 valence electrons. The van der Waals surface area contributed by atoms with E-state index in [9.17, 15) is 13.2 Å². The van der Waals surface area contributed by atoms with Crippen molar-refractivity contribution >= 4 is 32.4 Å². The van der Waals surface area contributed by atoms with Crippen LogP contribution in [0.5, 0.6) is 5.75 Å². The lowest BCUT2D eigenvalue weighted by Crippen LogP contribution is -2.23. The number of nitrogens with one attached hydrogen (secondary N) is 2. The van der Waals surface area contributed by atoms with Crippen LogP contribution in [0.15, 0.2) is 94.4 Å². The summed E-state index contributed by atoms with van der Waals surface area (Å²) < 4.78 is 37.9. The summed E-state index contributed by atoms with van der Waals surface area (Å²) in [5, 5.41) is 4.80. The molecule has 8 heteroatoms. The monoisotopic (exact) mass is 436 g/mol. The number of hydrogen-bond acceptors (Lipinski definition) is 5. The molecule has 0 aliphatic rings. The van der Waals surface area contributed by atoms with Crippen LogP contribution >= 0.6 is 0 Å². The van der Waals surface area contributed by atoms with Gasteiger partial charge in [-0.05, 0) is 59.3 Å². The molecule has 0 aliphatic carbocycles. The van der Waals surface area contributed by atoms with Crippen molar-refractivity contribution in [3.63, 3.8) is 0 Å². The Morgan fingerprint density at radius 2 is 1.68 bits per heavy atom. The molecule has 1 amide bonds. The zero-order chi connectivity index (χ0) is 21.7. The van der Waals surface area contributed by atoms with E-state index in [2.05, 4.69) is 10.0 Å². The molecule has 0 radical (unpaired) electrons. The van der Waals surface area contributed by atoms with Crippen molar-refractivity contribution in [3.8, 4) is 5.75 Å². The molecular formula is C23H20N2O5S. The molecule has 7 nitrogen and oxygen atoms in total. The highest BCUT2D eigenvalue weighted by atomic mass is 32.2. The van der Waals surface area contributed by atoms with Gasteiger partial charge in [-0.1, -0.05) is 30.3 Å². The van der Waals surface area contributed by atoms with E-state index in [-0.39, 0.29) is 24.0 Å². The van der Waals surface area contributed by atoms with E-state index in [1.54, 1.807) is 12.1 Å². The second-order valence-corrected chi connectivity index (χ2v) is 8.54. The Labute approximate surface area is 179 Å². The number of fused-ring (bicyclic) bond motifs is 1. The first-order valence-corrected chi connectivity index (χ1v) is 11.0. The van der Waals surface area contributed by atoms with Crippen LogP contribution in [0.2, 0.25) is 0 Å². The quantitative estimate of drug-likeness (QED) is 0.436. The Morgan fingerprint density at radius 1 is 0.903 bits per heavy atom. The maximum absolute atomic E-state index is 12.4. The van der Waals surface area contributed by atoms with E-state index in [0.717, 1.165) is 10.8 Å². The normalized spacial score (nSPS) is 11.4. The van der Waals surface area contributed by atoms with Crippen LogP contribution in [0.25, 0.3) is 10.8 Å². The summed E-state index contributed by atoms with van der Waals surface area (Å²) in [6, 6.07) is 22.7. The van der Waals surface area contributed by atoms with E-state index in [0.29, 0.717) is 17.2 Å². The van der Waals surface area contributed by atoms with Gasteiger partial charge < -0.3 is 14.5 Å². The number of benzene rings is 3. The van der Waals surface area contributed by atoms with Crippen molar-refractivity contribution in [2.24, 2.45) is 0 Å². The molecule has 0 fully saturated rings. The molecule has 2 N–H and O–H groups in total. The standard InChI is InChI=1S/C23H20N2O5S/c26-23(16-30-20-10-7-17-4-1-2-5-18(17)14-20)25-19-8-11-22(12-9-19)31(27,28)24-15-21-6-3-13-29-21/h1-14,24H,15-16H2,(H,25,26). The van der Waals surface area contributed by atoms with E-state index < -0.39 is 10.0 Å². The van der Waals surface area contributed by atoms with Crippen LogP contribution in [-0.2, 0) is 21.4 Å². The number of sulfonamides is 1.